The summed E-state index contributed by atoms with van der Waals surface area (Å²) in [5, 5.41) is 28.8. The Morgan fingerprint density at radius 1 is 0.944 bits per heavy atom. The smallest absolute Gasteiger partial charge is 0.275 e. The molecule has 0 bridgehead atoms. The molecule has 0 aliphatic heterocycles. The van der Waals surface area contributed by atoms with Crippen molar-refractivity contribution in [3.05, 3.63) is 84.9 Å². The number of para-hydroxylation sites is 2. The van der Waals surface area contributed by atoms with Crippen LogP contribution in [0.5, 0.6) is 5.88 Å². The van der Waals surface area contributed by atoms with E-state index < -0.39 is 5.91 Å². The molecular weight excluding hydrogens is 472 g/mol. The highest BCUT2D eigenvalue weighted by Crippen LogP contribution is 2.40. The third-order valence-electron chi connectivity index (χ3n) is 5.64. The third-order valence-corrected chi connectivity index (χ3v) is 6.55. The van der Waals surface area contributed by atoms with Gasteiger partial charge in [-0.2, -0.15) is 0 Å². The van der Waals surface area contributed by atoms with E-state index in [0.29, 0.717) is 11.0 Å². The van der Waals surface area contributed by atoms with Gasteiger partial charge in [-0.1, -0.05) is 78.5 Å². The van der Waals surface area contributed by atoms with Gasteiger partial charge in [0.2, 0.25) is 5.88 Å². The van der Waals surface area contributed by atoms with Crippen LogP contribution in [-0.2, 0) is 4.79 Å². The van der Waals surface area contributed by atoms with Crippen LogP contribution in [0.1, 0.15) is 19.9 Å². The second-order valence-electron chi connectivity index (χ2n) is 8.38. The van der Waals surface area contributed by atoms with Crippen LogP contribution in [0.2, 0.25) is 0 Å². The molecule has 2 heterocycles. The Bertz CT molecular complexity index is 1540. The summed E-state index contributed by atoms with van der Waals surface area (Å²) in [7, 11) is 0. The van der Waals surface area contributed by atoms with Gasteiger partial charge in [-0.25, -0.2) is 0 Å². The predicted octanol–water partition coefficient (Wildman–Crippen LogP) is 6.58. The summed E-state index contributed by atoms with van der Waals surface area (Å²) in [6.07, 6.45) is 0. The van der Waals surface area contributed by atoms with Gasteiger partial charge < -0.3 is 9.67 Å². The maximum absolute atomic E-state index is 12.7. The number of hydrogen-bond donors (Lipinski definition) is 1. The van der Waals surface area contributed by atoms with Crippen LogP contribution in [0.25, 0.3) is 28.0 Å². The number of hydrogen-bond acceptors (Lipinski definition) is 6. The van der Waals surface area contributed by atoms with E-state index in [1.807, 2.05) is 103 Å². The van der Waals surface area contributed by atoms with Crippen molar-refractivity contribution in [2.45, 2.75) is 25.0 Å². The van der Waals surface area contributed by atoms with Crippen molar-refractivity contribution in [3.8, 4) is 23.0 Å². The lowest BCUT2D eigenvalue weighted by molar-refractivity contribution is -0.115. The number of aromatic nitrogens is 4. The third kappa shape index (κ3) is 4.52. The van der Waals surface area contributed by atoms with Gasteiger partial charge in [-0.15, -0.1) is 20.4 Å². The maximum atomic E-state index is 12.7. The van der Waals surface area contributed by atoms with Gasteiger partial charge >= 0.3 is 0 Å². The molecule has 9 heteroatoms. The first-order valence-corrected chi connectivity index (χ1v) is 12.5. The number of benzene rings is 3. The van der Waals surface area contributed by atoms with Crippen LogP contribution in [0.4, 0.5) is 5.69 Å². The molecule has 5 aromatic rings. The Morgan fingerprint density at radius 2 is 1.61 bits per heavy atom. The highest BCUT2D eigenvalue weighted by Gasteiger charge is 2.19. The van der Waals surface area contributed by atoms with Crippen molar-refractivity contribution in [1.82, 2.24) is 19.3 Å². The number of nitrogens with zero attached hydrogens (tertiary/aromatic N) is 6. The normalized spacial score (nSPS) is 11.6. The van der Waals surface area contributed by atoms with Crippen molar-refractivity contribution < 1.29 is 9.90 Å². The topological polar surface area (TPSA) is 97.7 Å². The number of thioether (sulfide) groups is 1. The Balaban J connectivity index is 1.40. The zero-order valence-corrected chi connectivity index (χ0v) is 20.6. The molecule has 2 aromatic heterocycles. The number of carbonyl (C=O) groups excluding carboxylic acids is 1. The van der Waals surface area contributed by atoms with Crippen LogP contribution in [0.15, 0.2) is 100 Å². The van der Waals surface area contributed by atoms with E-state index in [0.717, 1.165) is 22.2 Å². The van der Waals surface area contributed by atoms with Crippen molar-refractivity contribution >= 4 is 34.3 Å². The van der Waals surface area contributed by atoms with Gasteiger partial charge in [0.1, 0.15) is 0 Å². The molecule has 0 radical (unpaired) electrons. The Morgan fingerprint density at radius 3 is 2.33 bits per heavy atom. The number of amides is 1. The van der Waals surface area contributed by atoms with Gasteiger partial charge in [0, 0.05) is 22.7 Å². The highest BCUT2D eigenvalue weighted by atomic mass is 32.2. The van der Waals surface area contributed by atoms with E-state index >= 15 is 0 Å². The predicted molar refractivity (Wildman–Crippen MR) is 141 cm³/mol. The van der Waals surface area contributed by atoms with Crippen molar-refractivity contribution in [2.75, 3.05) is 5.75 Å². The molecule has 0 spiro atoms. The number of azo groups is 1. The molecule has 1 N–H and O–H groups in total. The SMILES string of the molecule is CC(C)n1c(O)c(N=NC(=O)CSc2nnc(-c3ccccc3)n2-c2ccccc2)c2ccccc21. The number of fused-ring (bicyclic) bond motifs is 1. The molecule has 1 amide bonds. The van der Waals surface area contributed by atoms with Crippen molar-refractivity contribution in [3.63, 3.8) is 0 Å². The zero-order chi connectivity index (χ0) is 25.1. The van der Waals surface area contributed by atoms with Gasteiger partial charge in [0.05, 0.1) is 11.3 Å². The van der Waals surface area contributed by atoms with Gasteiger partial charge in [0.15, 0.2) is 16.7 Å². The van der Waals surface area contributed by atoms with E-state index in [-0.39, 0.29) is 23.4 Å². The Kier molecular flexibility index (Phi) is 6.64. The molecular formula is C27H24N6O2S. The summed E-state index contributed by atoms with van der Waals surface area (Å²) < 4.78 is 3.70. The molecule has 8 nitrogen and oxygen atoms in total. The number of aromatic hydroxyl groups is 1. The molecule has 0 saturated heterocycles. The summed E-state index contributed by atoms with van der Waals surface area (Å²) >= 11 is 1.24. The monoisotopic (exact) mass is 496 g/mol. The molecule has 0 aliphatic carbocycles. The van der Waals surface area contributed by atoms with Gasteiger partial charge in [0.25, 0.3) is 5.91 Å². The quantitative estimate of drug-likeness (QED) is 0.203. The fourth-order valence-corrected chi connectivity index (χ4v) is 4.79. The maximum Gasteiger partial charge on any atom is 0.275 e. The van der Waals surface area contributed by atoms with Crippen molar-refractivity contribution in [2.24, 2.45) is 10.2 Å². The lowest BCUT2D eigenvalue weighted by atomic mass is 10.2. The van der Waals surface area contributed by atoms with Gasteiger partial charge in [-0.3, -0.25) is 9.36 Å². The second-order valence-corrected chi connectivity index (χ2v) is 9.32. The fraction of sp³-hybridized carbons (Fsp3) is 0.148. The van der Waals surface area contributed by atoms with Crippen LogP contribution in [0.3, 0.4) is 0 Å². The lowest BCUT2D eigenvalue weighted by Gasteiger charge is -2.10. The second kappa shape index (κ2) is 10.2. The summed E-state index contributed by atoms with van der Waals surface area (Å²) in [5.74, 6) is 0.258. The number of rotatable bonds is 7. The summed E-state index contributed by atoms with van der Waals surface area (Å²) in [4.78, 5) is 12.7. The Labute approximate surface area is 212 Å². The summed E-state index contributed by atoms with van der Waals surface area (Å²) in [6.45, 7) is 3.95. The molecule has 3 aromatic carbocycles. The first-order chi connectivity index (χ1) is 17.5. The van der Waals surface area contributed by atoms with Crippen LogP contribution in [-0.4, -0.2) is 36.1 Å². The largest absolute Gasteiger partial charge is 0.493 e. The minimum atomic E-state index is -0.440. The minimum absolute atomic E-state index is 0.00766. The standard InChI is InChI=1S/C27H24N6O2S/c1-18(2)32-22-16-10-9-15-21(22)24(26(32)35)29-28-23(34)17-36-27-31-30-25(19-11-5-3-6-12-19)33(27)20-13-7-4-8-14-20/h3-16,18,35H,17H2,1-2H3. The Hall–Kier alpha value is -4.24. The number of carbonyl (C=O) groups is 1. The van der Waals surface area contributed by atoms with Crippen molar-refractivity contribution in [1.29, 1.82) is 0 Å². The van der Waals surface area contributed by atoms with Crippen LogP contribution >= 0.6 is 11.8 Å². The molecule has 0 atom stereocenters. The molecule has 180 valence electrons. The molecule has 5 rings (SSSR count). The molecule has 0 fully saturated rings. The average Bonchev–Trinajstić information content (AvgIpc) is 3.45. The lowest BCUT2D eigenvalue weighted by Crippen LogP contribution is -2.02. The van der Waals surface area contributed by atoms with E-state index in [1.165, 1.54) is 11.8 Å². The molecule has 0 saturated carbocycles. The van der Waals surface area contributed by atoms with E-state index in [2.05, 4.69) is 20.4 Å². The van der Waals surface area contributed by atoms with E-state index in [9.17, 15) is 9.90 Å². The first-order valence-electron chi connectivity index (χ1n) is 11.5. The summed E-state index contributed by atoms with van der Waals surface area (Å²) in [5.41, 5.74) is 2.94. The van der Waals surface area contributed by atoms with E-state index in [1.54, 1.807) is 4.57 Å². The van der Waals surface area contributed by atoms with Crippen LogP contribution < -0.4 is 0 Å². The van der Waals surface area contributed by atoms with E-state index in [4.69, 9.17) is 0 Å². The van der Waals surface area contributed by atoms with Crippen LogP contribution in [0, 0.1) is 0 Å². The average molecular weight is 497 g/mol. The molecule has 0 aliphatic rings. The van der Waals surface area contributed by atoms with Gasteiger partial charge in [-0.05, 0) is 32.0 Å². The highest BCUT2D eigenvalue weighted by molar-refractivity contribution is 7.99. The fourth-order valence-electron chi connectivity index (χ4n) is 4.06. The molecule has 0 unspecified atom stereocenters. The first kappa shape index (κ1) is 23.5. The summed E-state index contributed by atoms with van der Waals surface area (Å²) in [6, 6.07) is 27.1. The minimum Gasteiger partial charge on any atom is -0.493 e. The molecule has 36 heavy (non-hydrogen) atoms. The zero-order valence-electron chi connectivity index (χ0n) is 19.8.